The fraction of sp³-hybridized carbons (Fsp3) is 0.231. The summed E-state index contributed by atoms with van der Waals surface area (Å²) in [6.45, 7) is 3.35. The smallest absolute Gasteiger partial charge is 0.259 e. The summed E-state index contributed by atoms with van der Waals surface area (Å²) in [5.74, 6) is 0. The summed E-state index contributed by atoms with van der Waals surface area (Å²) in [5, 5.41) is 0.887. The maximum Gasteiger partial charge on any atom is 0.259 e. The summed E-state index contributed by atoms with van der Waals surface area (Å²) < 4.78 is 0. The van der Waals surface area contributed by atoms with E-state index in [-0.39, 0.29) is 21.5 Å². The Morgan fingerprint density at radius 2 is 1.11 bits per heavy atom. The van der Waals surface area contributed by atoms with Crippen LogP contribution in [0.3, 0.4) is 0 Å². The van der Waals surface area contributed by atoms with Crippen molar-refractivity contribution in [2.75, 3.05) is 0 Å². The topological polar surface area (TPSA) is 99.9 Å². The van der Waals surface area contributed by atoms with Gasteiger partial charge in [-0.1, -0.05) is 6.92 Å². The van der Waals surface area contributed by atoms with Crippen molar-refractivity contribution in [1.29, 1.82) is 0 Å². The summed E-state index contributed by atoms with van der Waals surface area (Å²) in [7, 11) is 0. The molecule has 6 heteroatoms. The van der Waals surface area contributed by atoms with Crippen molar-refractivity contribution in [1.82, 2.24) is 9.97 Å². The highest BCUT2D eigenvalue weighted by Crippen LogP contribution is 2.25. The van der Waals surface area contributed by atoms with Crippen LogP contribution in [0.5, 0.6) is 0 Å². The second-order valence-corrected chi connectivity index (χ2v) is 4.52. The number of aromatic nitrogens is 2. The molecule has 0 bridgehead atoms. The number of benzene rings is 1. The van der Waals surface area contributed by atoms with Crippen LogP contribution in [0, 0.1) is 6.92 Å². The Balaban J connectivity index is 2.91. The summed E-state index contributed by atoms with van der Waals surface area (Å²) >= 11 is 0. The minimum Gasteiger partial charge on any atom is -0.288 e. The van der Waals surface area contributed by atoms with Gasteiger partial charge in [0.2, 0.25) is 0 Å². The number of nitrogens with one attached hydrogen (secondary N) is 2. The van der Waals surface area contributed by atoms with Crippen molar-refractivity contribution in [2.24, 2.45) is 0 Å². The van der Waals surface area contributed by atoms with Crippen LogP contribution < -0.4 is 22.2 Å². The number of hydrogen-bond acceptors (Lipinski definition) is 4. The van der Waals surface area contributed by atoms with Crippen molar-refractivity contribution in [3.05, 3.63) is 52.5 Å². The third kappa shape index (κ3) is 1.25. The maximum atomic E-state index is 11.8. The zero-order valence-corrected chi connectivity index (χ0v) is 10.3. The van der Waals surface area contributed by atoms with Crippen LogP contribution in [0.2, 0.25) is 0 Å². The number of rotatable bonds is 1. The summed E-state index contributed by atoms with van der Waals surface area (Å²) in [5.41, 5.74) is -1.19. The van der Waals surface area contributed by atoms with Crippen molar-refractivity contribution in [3.8, 4) is 0 Å². The van der Waals surface area contributed by atoms with E-state index < -0.39 is 22.2 Å². The largest absolute Gasteiger partial charge is 0.288 e. The molecule has 0 unspecified atom stereocenters. The highest BCUT2D eigenvalue weighted by atomic mass is 16.2. The van der Waals surface area contributed by atoms with Gasteiger partial charge in [-0.2, -0.15) is 0 Å². The SMILES string of the molecule is CCc1c2c(=O)[nH]c(=O)c2c(C)c2c(=O)[nH]c(=O)c12. The first-order valence-electron chi connectivity index (χ1n) is 5.88. The third-order valence-corrected chi connectivity index (χ3v) is 3.57. The normalized spacial score (nSPS) is 11.7. The molecule has 6 nitrogen and oxygen atoms in total. The Kier molecular flexibility index (Phi) is 2.14. The lowest BCUT2D eigenvalue weighted by atomic mass is 9.96. The van der Waals surface area contributed by atoms with Gasteiger partial charge in [-0.15, -0.1) is 0 Å². The van der Waals surface area contributed by atoms with Crippen LogP contribution in [0.15, 0.2) is 19.2 Å². The molecular weight excluding hydrogens is 248 g/mol. The minimum atomic E-state index is -0.512. The van der Waals surface area contributed by atoms with Gasteiger partial charge in [-0.05, 0) is 24.5 Å². The van der Waals surface area contributed by atoms with Gasteiger partial charge in [-0.3, -0.25) is 29.1 Å². The van der Waals surface area contributed by atoms with E-state index in [9.17, 15) is 19.2 Å². The van der Waals surface area contributed by atoms with Crippen LogP contribution in [-0.4, -0.2) is 9.97 Å². The lowest BCUT2D eigenvalue weighted by Gasteiger charge is -2.03. The Labute approximate surface area is 105 Å². The Bertz CT molecular complexity index is 950. The second kappa shape index (κ2) is 3.50. The zero-order valence-electron chi connectivity index (χ0n) is 10.3. The molecule has 2 aromatic heterocycles. The van der Waals surface area contributed by atoms with Crippen molar-refractivity contribution in [3.63, 3.8) is 0 Å². The molecule has 0 atom stereocenters. The standard InChI is InChI=1S/C13H10N2O4/c1-3-5-8-6(10(16)14-12(8)18)4(2)7-9(5)13(19)15-11(7)17/h3H2,1-2H3,(H,14,16,18)(H,15,17,19). The fourth-order valence-corrected chi connectivity index (χ4v) is 2.81. The summed E-state index contributed by atoms with van der Waals surface area (Å²) in [4.78, 5) is 51.7. The molecule has 96 valence electrons. The monoisotopic (exact) mass is 258 g/mol. The van der Waals surface area contributed by atoms with Gasteiger partial charge in [0, 0.05) is 0 Å². The lowest BCUT2D eigenvalue weighted by molar-refractivity contribution is 1.16. The molecule has 2 heterocycles. The van der Waals surface area contributed by atoms with Crippen molar-refractivity contribution in [2.45, 2.75) is 20.3 Å². The molecule has 0 fully saturated rings. The van der Waals surface area contributed by atoms with Gasteiger partial charge < -0.3 is 0 Å². The van der Waals surface area contributed by atoms with Crippen molar-refractivity contribution < 1.29 is 0 Å². The number of hydrogen-bond donors (Lipinski definition) is 2. The van der Waals surface area contributed by atoms with Crippen LogP contribution in [-0.2, 0) is 6.42 Å². The van der Waals surface area contributed by atoms with E-state index in [1.807, 2.05) is 0 Å². The van der Waals surface area contributed by atoms with E-state index in [1.54, 1.807) is 13.8 Å². The van der Waals surface area contributed by atoms with Gasteiger partial charge in [-0.25, -0.2) is 0 Å². The summed E-state index contributed by atoms with van der Waals surface area (Å²) in [6, 6.07) is 0. The predicted molar refractivity (Wildman–Crippen MR) is 71.7 cm³/mol. The number of aromatic amines is 2. The molecule has 0 aliphatic carbocycles. The molecule has 0 aliphatic heterocycles. The van der Waals surface area contributed by atoms with Gasteiger partial charge in [0.15, 0.2) is 0 Å². The highest BCUT2D eigenvalue weighted by Gasteiger charge is 2.21. The van der Waals surface area contributed by atoms with Crippen LogP contribution >= 0.6 is 0 Å². The second-order valence-electron chi connectivity index (χ2n) is 4.52. The van der Waals surface area contributed by atoms with Crippen LogP contribution in [0.1, 0.15) is 18.1 Å². The van der Waals surface area contributed by atoms with E-state index >= 15 is 0 Å². The van der Waals surface area contributed by atoms with Crippen LogP contribution in [0.25, 0.3) is 21.5 Å². The molecule has 3 aromatic rings. The highest BCUT2D eigenvalue weighted by molar-refractivity contribution is 6.05. The number of aryl methyl sites for hydroxylation is 2. The molecule has 3 rings (SSSR count). The quantitative estimate of drug-likeness (QED) is 0.633. The molecule has 0 radical (unpaired) electrons. The average Bonchev–Trinajstić information content (AvgIpc) is 2.80. The molecule has 19 heavy (non-hydrogen) atoms. The molecule has 2 N–H and O–H groups in total. The van der Waals surface area contributed by atoms with E-state index in [4.69, 9.17) is 0 Å². The number of H-pyrrole nitrogens is 2. The Morgan fingerprint density at radius 1 is 0.737 bits per heavy atom. The first-order chi connectivity index (χ1) is 8.97. The number of fused-ring (bicyclic) bond motifs is 2. The average molecular weight is 258 g/mol. The first kappa shape index (κ1) is 11.6. The lowest BCUT2D eigenvalue weighted by Crippen LogP contribution is -2.08. The van der Waals surface area contributed by atoms with E-state index in [0.717, 1.165) is 0 Å². The minimum absolute atomic E-state index is 0.213. The Morgan fingerprint density at radius 3 is 1.47 bits per heavy atom. The van der Waals surface area contributed by atoms with Gasteiger partial charge >= 0.3 is 0 Å². The molecule has 0 spiro atoms. The molecule has 0 saturated carbocycles. The summed E-state index contributed by atoms with van der Waals surface area (Å²) in [6.07, 6.45) is 0.395. The van der Waals surface area contributed by atoms with E-state index in [1.165, 1.54) is 0 Å². The third-order valence-electron chi connectivity index (χ3n) is 3.57. The van der Waals surface area contributed by atoms with Gasteiger partial charge in [0.25, 0.3) is 22.2 Å². The molecule has 0 saturated heterocycles. The fourth-order valence-electron chi connectivity index (χ4n) is 2.81. The Hall–Kier alpha value is -2.50. The maximum absolute atomic E-state index is 11.8. The predicted octanol–water partition coefficient (Wildman–Crippen LogP) is -0.164. The van der Waals surface area contributed by atoms with Gasteiger partial charge in [0.05, 0.1) is 21.5 Å². The first-order valence-corrected chi connectivity index (χ1v) is 5.88. The molecule has 1 aromatic carbocycles. The van der Waals surface area contributed by atoms with Gasteiger partial charge in [0.1, 0.15) is 0 Å². The molecule has 0 aliphatic rings. The molecular formula is C13H10N2O4. The van der Waals surface area contributed by atoms with E-state index in [2.05, 4.69) is 9.97 Å². The van der Waals surface area contributed by atoms with Crippen molar-refractivity contribution >= 4 is 21.5 Å². The van der Waals surface area contributed by atoms with E-state index in [0.29, 0.717) is 17.5 Å². The van der Waals surface area contributed by atoms with Crippen LogP contribution in [0.4, 0.5) is 0 Å². The zero-order chi connectivity index (χ0) is 13.9. The molecule has 0 amide bonds.